The van der Waals surface area contributed by atoms with Gasteiger partial charge in [0, 0.05) is 17.3 Å². The number of amides is 1. The Morgan fingerprint density at radius 1 is 1.35 bits per heavy atom. The van der Waals surface area contributed by atoms with E-state index in [0.717, 1.165) is 6.42 Å². The third kappa shape index (κ3) is 5.63. The number of thiophene rings is 1. The van der Waals surface area contributed by atoms with Gasteiger partial charge in [-0.15, -0.1) is 11.3 Å². The zero-order valence-electron chi connectivity index (χ0n) is 13.1. The second-order valence-corrected chi connectivity index (χ2v) is 7.16. The third-order valence-electron chi connectivity index (χ3n) is 3.45. The molecule has 3 nitrogen and oxygen atoms in total. The Hall–Kier alpha value is -0.870. The van der Waals surface area contributed by atoms with Gasteiger partial charge in [-0.1, -0.05) is 19.9 Å². The monoisotopic (exact) mass is 296 g/mol. The van der Waals surface area contributed by atoms with Gasteiger partial charge in [0.1, 0.15) is 0 Å². The van der Waals surface area contributed by atoms with Gasteiger partial charge in [0.15, 0.2) is 0 Å². The Bertz CT molecular complexity index is 387. The summed E-state index contributed by atoms with van der Waals surface area (Å²) in [5.74, 6) is 1.11. The number of rotatable bonds is 8. The second kappa shape index (κ2) is 8.42. The maximum absolute atomic E-state index is 12.5. The van der Waals surface area contributed by atoms with E-state index >= 15 is 0 Å². The maximum Gasteiger partial charge on any atom is 0.223 e. The molecule has 0 radical (unpaired) electrons. The average Bonchev–Trinajstić information content (AvgIpc) is 2.86. The van der Waals surface area contributed by atoms with Crippen LogP contribution in [0.3, 0.4) is 0 Å². The van der Waals surface area contributed by atoms with Crippen molar-refractivity contribution >= 4 is 17.2 Å². The minimum absolute atomic E-state index is 0.224. The molecule has 1 amide bonds. The summed E-state index contributed by atoms with van der Waals surface area (Å²) in [4.78, 5) is 15.7. The number of carbonyl (C=O) groups excluding carboxylic acids is 1. The van der Waals surface area contributed by atoms with Crippen molar-refractivity contribution < 1.29 is 4.79 Å². The van der Waals surface area contributed by atoms with Crippen LogP contribution in [0.5, 0.6) is 0 Å². The highest BCUT2D eigenvalue weighted by atomic mass is 32.1. The summed E-state index contributed by atoms with van der Waals surface area (Å²) < 4.78 is 0. The SMILES string of the molecule is CC(C)CC(CN)CC(=O)N(Cc1cccs1)C(C)C. The van der Waals surface area contributed by atoms with Gasteiger partial charge in [-0.05, 0) is 50.1 Å². The largest absolute Gasteiger partial charge is 0.335 e. The molecule has 1 unspecified atom stereocenters. The topological polar surface area (TPSA) is 46.3 Å². The number of hydrogen-bond acceptors (Lipinski definition) is 3. The highest BCUT2D eigenvalue weighted by molar-refractivity contribution is 7.09. The van der Waals surface area contributed by atoms with Crippen molar-refractivity contribution in [2.45, 2.75) is 53.1 Å². The fourth-order valence-corrected chi connectivity index (χ4v) is 3.13. The van der Waals surface area contributed by atoms with E-state index in [1.165, 1.54) is 4.88 Å². The fourth-order valence-electron chi connectivity index (χ4n) is 2.42. The van der Waals surface area contributed by atoms with Gasteiger partial charge in [0.2, 0.25) is 5.91 Å². The van der Waals surface area contributed by atoms with Gasteiger partial charge in [0.05, 0.1) is 6.54 Å². The molecule has 0 spiro atoms. The Morgan fingerprint density at radius 3 is 2.50 bits per heavy atom. The van der Waals surface area contributed by atoms with E-state index in [0.29, 0.717) is 31.3 Å². The summed E-state index contributed by atoms with van der Waals surface area (Å²) in [6.45, 7) is 9.82. The quantitative estimate of drug-likeness (QED) is 0.798. The molecule has 114 valence electrons. The molecule has 1 aromatic heterocycles. The predicted molar refractivity (Wildman–Crippen MR) is 86.6 cm³/mol. The van der Waals surface area contributed by atoms with Crippen LogP contribution in [-0.4, -0.2) is 23.4 Å². The van der Waals surface area contributed by atoms with E-state index in [2.05, 4.69) is 39.1 Å². The molecule has 0 fully saturated rings. The molecule has 0 aliphatic carbocycles. The van der Waals surface area contributed by atoms with Gasteiger partial charge in [0.25, 0.3) is 0 Å². The Morgan fingerprint density at radius 2 is 2.05 bits per heavy atom. The summed E-state index contributed by atoms with van der Waals surface area (Å²) in [6, 6.07) is 4.34. The molecular weight excluding hydrogens is 268 g/mol. The minimum atomic E-state index is 0.224. The van der Waals surface area contributed by atoms with Crippen molar-refractivity contribution in [1.82, 2.24) is 4.90 Å². The molecule has 0 aliphatic rings. The van der Waals surface area contributed by atoms with Gasteiger partial charge in [-0.2, -0.15) is 0 Å². The molecule has 0 aliphatic heterocycles. The summed E-state index contributed by atoms with van der Waals surface area (Å²) in [6.07, 6.45) is 1.59. The molecule has 1 rings (SSSR count). The van der Waals surface area contributed by atoms with Crippen LogP contribution in [0.2, 0.25) is 0 Å². The lowest BCUT2D eigenvalue weighted by Crippen LogP contribution is -2.38. The lowest BCUT2D eigenvalue weighted by atomic mass is 9.93. The van der Waals surface area contributed by atoms with Crippen LogP contribution in [0, 0.1) is 11.8 Å². The zero-order valence-corrected chi connectivity index (χ0v) is 14.0. The second-order valence-electron chi connectivity index (χ2n) is 6.13. The summed E-state index contributed by atoms with van der Waals surface area (Å²) in [5.41, 5.74) is 5.81. The highest BCUT2D eigenvalue weighted by Gasteiger charge is 2.21. The summed E-state index contributed by atoms with van der Waals surface area (Å²) in [5, 5.41) is 2.06. The molecule has 0 saturated heterocycles. The molecule has 1 aromatic rings. The first-order valence-corrected chi connectivity index (χ1v) is 8.33. The normalized spacial score (nSPS) is 12.9. The molecule has 4 heteroatoms. The Labute approximate surface area is 127 Å². The van der Waals surface area contributed by atoms with Crippen LogP contribution in [-0.2, 0) is 11.3 Å². The lowest BCUT2D eigenvalue weighted by molar-refractivity contribution is -0.134. The van der Waals surface area contributed by atoms with Crippen LogP contribution in [0.25, 0.3) is 0 Å². The molecule has 1 atom stereocenters. The van der Waals surface area contributed by atoms with E-state index in [9.17, 15) is 4.79 Å². The standard InChI is InChI=1S/C16H28N2OS/c1-12(2)8-14(10-17)9-16(19)18(13(3)4)11-15-6-5-7-20-15/h5-7,12-14H,8-11,17H2,1-4H3. The third-order valence-corrected chi connectivity index (χ3v) is 4.31. The van der Waals surface area contributed by atoms with Gasteiger partial charge >= 0.3 is 0 Å². The lowest BCUT2D eigenvalue weighted by Gasteiger charge is -2.28. The maximum atomic E-state index is 12.5. The van der Waals surface area contributed by atoms with Gasteiger partial charge in [-0.25, -0.2) is 0 Å². The minimum Gasteiger partial charge on any atom is -0.335 e. The molecular formula is C16H28N2OS. The van der Waals surface area contributed by atoms with Crippen molar-refractivity contribution in [2.75, 3.05) is 6.54 Å². The fraction of sp³-hybridized carbons (Fsp3) is 0.688. The van der Waals surface area contributed by atoms with Crippen LogP contribution in [0.15, 0.2) is 17.5 Å². The predicted octanol–water partition coefficient (Wildman–Crippen LogP) is 3.50. The van der Waals surface area contributed by atoms with E-state index < -0.39 is 0 Å². The number of nitrogens with two attached hydrogens (primary N) is 1. The van der Waals surface area contributed by atoms with Crippen molar-refractivity contribution in [3.05, 3.63) is 22.4 Å². The molecule has 0 bridgehead atoms. The molecule has 0 aromatic carbocycles. The summed E-state index contributed by atoms with van der Waals surface area (Å²) in [7, 11) is 0. The highest BCUT2D eigenvalue weighted by Crippen LogP contribution is 2.19. The van der Waals surface area contributed by atoms with Crippen molar-refractivity contribution in [3.8, 4) is 0 Å². The van der Waals surface area contributed by atoms with Crippen LogP contribution in [0.1, 0.15) is 45.4 Å². The number of carbonyl (C=O) groups is 1. The van der Waals surface area contributed by atoms with Gasteiger partial charge < -0.3 is 10.6 Å². The average molecular weight is 296 g/mol. The van der Waals surface area contributed by atoms with Crippen molar-refractivity contribution in [1.29, 1.82) is 0 Å². The molecule has 1 heterocycles. The van der Waals surface area contributed by atoms with E-state index in [1.807, 2.05) is 11.0 Å². The summed E-state index contributed by atoms with van der Waals surface area (Å²) >= 11 is 1.70. The number of hydrogen-bond donors (Lipinski definition) is 1. The molecule has 20 heavy (non-hydrogen) atoms. The van der Waals surface area contributed by atoms with Crippen molar-refractivity contribution in [3.63, 3.8) is 0 Å². The van der Waals surface area contributed by atoms with E-state index in [-0.39, 0.29) is 11.9 Å². The Balaban J connectivity index is 2.64. The van der Waals surface area contributed by atoms with E-state index in [1.54, 1.807) is 11.3 Å². The Kier molecular flexibility index (Phi) is 7.24. The van der Waals surface area contributed by atoms with E-state index in [4.69, 9.17) is 5.73 Å². The first kappa shape index (κ1) is 17.2. The van der Waals surface area contributed by atoms with Crippen LogP contribution >= 0.6 is 11.3 Å². The zero-order chi connectivity index (χ0) is 15.1. The molecule has 2 N–H and O–H groups in total. The van der Waals surface area contributed by atoms with Crippen molar-refractivity contribution in [2.24, 2.45) is 17.6 Å². The molecule has 0 saturated carbocycles. The first-order valence-electron chi connectivity index (χ1n) is 7.46. The number of nitrogens with zero attached hydrogens (tertiary/aromatic N) is 1. The van der Waals surface area contributed by atoms with Crippen LogP contribution < -0.4 is 5.73 Å². The smallest absolute Gasteiger partial charge is 0.223 e. The van der Waals surface area contributed by atoms with Gasteiger partial charge in [-0.3, -0.25) is 4.79 Å². The van der Waals surface area contributed by atoms with Crippen LogP contribution in [0.4, 0.5) is 0 Å². The first-order chi connectivity index (χ1) is 9.43.